The summed E-state index contributed by atoms with van der Waals surface area (Å²) in [6, 6.07) is 8.79. The van der Waals surface area contributed by atoms with Crippen LogP contribution in [0.25, 0.3) is 11.1 Å². The third-order valence-electron chi connectivity index (χ3n) is 3.91. The molecule has 0 saturated carbocycles. The number of carbonyl (C=O) groups is 2. The molecule has 150 valence electrons. The molecule has 7 heteroatoms. The zero-order chi connectivity index (χ0) is 21.1. The molecule has 0 aliphatic carbocycles. The van der Waals surface area contributed by atoms with Gasteiger partial charge in [-0.2, -0.15) is 0 Å². The van der Waals surface area contributed by atoms with E-state index in [1.807, 2.05) is 0 Å². The standard InChI is InChI=1S/C21H23ClFNO4/c1-12(24-20(26)28-21(2,3)4)14-10-9-13(11-17(14)23)15-7-6-8-16(22)18(15)19(25)27-5/h6-12H,1-5H3,(H,24,26)/t12-/m1/s1. The van der Waals surface area contributed by atoms with Crippen molar-refractivity contribution in [2.45, 2.75) is 39.3 Å². The van der Waals surface area contributed by atoms with Crippen molar-refractivity contribution >= 4 is 23.7 Å². The number of halogens is 2. The number of benzene rings is 2. The molecule has 2 aromatic carbocycles. The third kappa shape index (κ3) is 5.23. The predicted octanol–water partition coefficient (Wildman–Crippen LogP) is 5.52. The monoisotopic (exact) mass is 407 g/mol. The molecule has 5 nitrogen and oxygen atoms in total. The van der Waals surface area contributed by atoms with Gasteiger partial charge >= 0.3 is 12.1 Å². The van der Waals surface area contributed by atoms with Crippen LogP contribution in [0.1, 0.15) is 49.7 Å². The van der Waals surface area contributed by atoms with E-state index in [1.54, 1.807) is 58.0 Å². The largest absolute Gasteiger partial charge is 0.465 e. The summed E-state index contributed by atoms with van der Waals surface area (Å²) in [4.78, 5) is 24.0. The molecule has 0 aliphatic rings. The van der Waals surface area contributed by atoms with Crippen LogP contribution in [0.3, 0.4) is 0 Å². The van der Waals surface area contributed by atoms with Crippen LogP contribution in [0.5, 0.6) is 0 Å². The second-order valence-electron chi connectivity index (χ2n) is 7.26. The van der Waals surface area contributed by atoms with Gasteiger partial charge in [0.1, 0.15) is 11.4 Å². The van der Waals surface area contributed by atoms with Crippen molar-refractivity contribution in [2.75, 3.05) is 7.11 Å². The lowest BCUT2D eigenvalue weighted by Gasteiger charge is -2.22. The number of rotatable bonds is 4. The van der Waals surface area contributed by atoms with Gasteiger partial charge < -0.3 is 14.8 Å². The van der Waals surface area contributed by atoms with E-state index in [4.69, 9.17) is 21.1 Å². The summed E-state index contributed by atoms with van der Waals surface area (Å²) in [5.41, 5.74) is 0.726. The van der Waals surface area contributed by atoms with E-state index in [0.717, 1.165) is 0 Å². The van der Waals surface area contributed by atoms with E-state index in [1.165, 1.54) is 13.2 Å². The van der Waals surface area contributed by atoms with Crippen molar-refractivity contribution in [2.24, 2.45) is 0 Å². The molecule has 2 aromatic rings. The summed E-state index contributed by atoms with van der Waals surface area (Å²) in [6.07, 6.45) is -0.633. The van der Waals surface area contributed by atoms with Crippen molar-refractivity contribution in [1.29, 1.82) is 0 Å². The Labute approximate surface area is 168 Å². The van der Waals surface area contributed by atoms with Gasteiger partial charge in [0, 0.05) is 5.56 Å². The molecule has 0 aromatic heterocycles. The lowest BCUT2D eigenvalue weighted by molar-refractivity contribution is 0.0506. The fraction of sp³-hybridized carbons (Fsp3) is 0.333. The molecule has 0 spiro atoms. The highest BCUT2D eigenvalue weighted by Crippen LogP contribution is 2.31. The Morgan fingerprint density at radius 1 is 1.18 bits per heavy atom. The molecular formula is C21H23ClFNO4. The Morgan fingerprint density at radius 2 is 1.86 bits per heavy atom. The van der Waals surface area contributed by atoms with Gasteiger partial charge in [-0.15, -0.1) is 0 Å². The smallest absolute Gasteiger partial charge is 0.408 e. The SMILES string of the molecule is COC(=O)c1c(Cl)cccc1-c1ccc([C@@H](C)NC(=O)OC(C)(C)C)c(F)c1. The maximum Gasteiger partial charge on any atom is 0.408 e. The molecule has 0 radical (unpaired) electrons. The first-order valence-corrected chi connectivity index (χ1v) is 9.07. The number of methoxy groups -OCH3 is 1. The molecule has 1 N–H and O–H groups in total. The van der Waals surface area contributed by atoms with Gasteiger partial charge in [0.2, 0.25) is 0 Å². The molecule has 0 aliphatic heterocycles. The van der Waals surface area contributed by atoms with E-state index in [0.29, 0.717) is 11.1 Å². The lowest BCUT2D eigenvalue weighted by atomic mass is 9.97. The van der Waals surface area contributed by atoms with Crippen LogP contribution in [0.2, 0.25) is 5.02 Å². The quantitative estimate of drug-likeness (QED) is 0.678. The molecule has 0 heterocycles. The topological polar surface area (TPSA) is 64.6 Å². The number of carbonyl (C=O) groups excluding carboxylic acids is 2. The number of hydrogen-bond acceptors (Lipinski definition) is 4. The summed E-state index contributed by atoms with van der Waals surface area (Å²) in [6.45, 7) is 6.89. The molecule has 2 rings (SSSR count). The Balaban J connectivity index is 2.32. The lowest BCUT2D eigenvalue weighted by Crippen LogP contribution is -2.34. The van der Waals surface area contributed by atoms with E-state index in [9.17, 15) is 14.0 Å². The molecule has 1 atom stereocenters. The molecule has 0 unspecified atom stereocenters. The molecular weight excluding hydrogens is 385 g/mol. The van der Waals surface area contributed by atoms with Gasteiger partial charge in [-0.3, -0.25) is 0 Å². The summed E-state index contributed by atoms with van der Waals surface area (Å²) in [5.74, 6) is -1.14. The predicted molar refractivity (Wildman–Crippen MR) is 106 cm³/mol. The first kappa shape index (κ1) is 21.7. The highest BCUT2D eigenvalue weighted by Gasteiger charge is 2.21. The van der Waals surface area contributed by atoms with Crippen LogP contribution in [-0.4, -0.2) is 24.8 Å². The van der Waals surface area contributed by atoms with Gasteiger partial charge in [0.25, 0.3) is 0 Å². The van der Waals surface area contributed by atoms with Crippen LogP contribution in [-0.2, 0) is 9.47 Å². The van der Waals surface area contributed by atoms with Gasteiger partial charge in [0.15, 0.2) is 0 Å². The van der Waals surface area contributed by atoms with Crippen LogP contribution < -0.4 is 5.32 Å². The van der Waals surface area contributed by atoms with E-state index in [-0.39, 0.29) is 16.1 Å². The molecule has 0 saturated heterocycles. The van der Waals surface area contributed by atoms with Gasteiger partial charge in [0.05, 0.1) is 23.7 Å². The second-order valence-corrected chi connectivity index (χ2v) is 7.67. The Hall–Kier alpha value is -2.60. The molecule has 0 fully saturated rings. The number of amides is 1. The van der Waals surface area contributed by atoms with E-state index in [2.05, 4.69) is 5.32 Å². The highest BCUT2D eigenvalue weighted by atomic mass is 35.5. The number of ether oxygens (including phenoxy) is 2. The maximum atomic E-state index is 14.7. The van der Waals surface area contributed by atoms with Crippen molar-refractivity contribution < 1.29 is 23.5 Å². The van der Waals surface area contributed by atoms with Crippen molar-refractivity contribution in [1.82, 2.24) is 5.32 Å². The number of hydrogen-bond donors (Lipinski definition) is 1. The Morgan fingerprint density at radius 3 is 2.43 bits per heavy atom. The Bertz CT molecular complexity index is 892. The minimum atomic E-state index is -0.650. The number of alkyl carbamates (subject to hydrolysis) is 1. The van der Waals surface area contributed by atoms with Crippen LogP contribution in [0, 0.1) is 5.82 Å². The van der Waals surface area contributed by atoms with E-state index < -0.39 is 29.5 Å². The zero-order valence-corrected chi connectivity index (χ0v) is 17.2. The van der Waals surface area contributed by atoms with Crippen molar-refractivity contribution in [3.8, 4) is 11.1 Å². The minimum absolute atomic E-state index is 0.166. The first-order chi connectivity index (χ1) is 13.0. The summed E-state index contributed by atoms with van der Waals surface area (Å²) in [7, 11) is 1.25. The molecule has 0 bridgehead atoms. The maximum absolute atomic E-state index is 14.7. The van der Waals surface area contributed by atoms with Crippen LogP contribution >= 0.6 is 11.6 Å². The first-order valence-electron chi connectivity index (χ1n) is 8.69. The normalized spacial score (nSPS) is 12.2. The Kier molecular flexibility index (Phi) is 6.67. The van der Waals surface area contributed by atoms with Gasteiger partial charge in [-0.25, -0.2) is 14.0 Å². The third-order valence-corrected chi connectivity index (χ3v) is 4.23. The number of nitrogens with one attached hydrogen (secondary N) is 1. The second kappa shape index (κ2) is 8.61. The van der Waals surface area contributed by atoms with Crippen molar-refractivity contribution in [3.63, 3.8) is 0 Å². The minimum Gasteiger partial charge on any atom is -0.465 e. The fourth-order valence-corrected chi connectivity index (χ4v) is 2.93. The summed E-state index contributed by atoms with van der Waals surface area (Å²) in [5, 5.41) is 2.82. The van der Waals surface area contributed by atoms with E-state index >= 15 is 0 Å². The van der Waals surface area contributed by atoms with Gasteiger partial charge in [-0.1, -0.05) is 35.9 Å². The van der Waals surface area contributed by atoms with Crippen molar-refractivity contribution in [3.05, 3.63) is 58.4 Å². The summed E-state index contributed by atoms with van der Waals surface area (Å²) >= 11 is 6.13. The molecule has 1 amide bonds. The van der Waals surface area contributed by atoms with Crippen LogP contribution in [0.15, 0.2) is 36.4 Å². The van der Waals surface area contributed by atoms with Crippen LogP contribution in [0.4, 0.5) is 9.18 Å². The zero-order valence-electron chi connectivity index (χ0n) is 16.4. The number of esters is 1. The summed E-state index contributed by atoms with van der Waals surface area (Å²) < 4.78 is 24.7. The molecule has 28 heavy (non-hydrogen) atoms. The highest BCUT2D eigenvalue weighted by molar-refractivity contribution is 6.34. The average molecular weight is 408 g/mol. The average Bonchev–Trinajstić information content (AvgIpc) is 2.58. The fourth-order valence-electron chi connectivity index (χ4n) is 2.68. The van der Waals surface area contributed by atoms with Gasteiger partial charge in [-0.05, 0) is 51.0 Å².